The molecule has 0 atom stereocenters. The maximum absolute atomic E-state index is 4.57. The minimum atomic E-state index is 0.787. The molecule has 0 aliphatic heterocycles. The van der Waals surface area contributed by atoms with Gasteiger partial charge in [-0.3, -0.25) is 0 Å². The maximum atomic E-state index is 4.57. The first-order chi connectivity index (χ1) is 8.11. The van der Waals surface area contributed by atoms with Gasteiger partial charge in [-0.25, -0.2) is 9.97 Å². The zero-order chi connectivity index (χ0) is 12.4. The summed E-state index contributed by atoms with van der Waals surface area (Å²) < 4.78 is 2.18. The van der Waals surface area contributed by atoms with Crippen molar-refractivity contribution in [3.8, 4) is 10.7 Å². The SMILES string of the molecule is CCNc1nc(-c2ccc(Br)s2)nc(C)c1I. The third-order valence-electron chi connectivity index (χ3n) is 2.15. The zero-order valence-electron chi connectivity index (χ0n) is 9.42. The van der Waals surface area contributed by atoms with Crippen LogP contribution in [0, 0.1) is 10.5 Å². The molecule has 90 valence electrons. The molecule has 0 aliphatic carbocycles. The molecule has 17 heavy (non-hydrogen) atoms. The largest absolute Gasteiger partial charge is 0.369 e. The molecule has 1 N–H and O–H groups in total. The van der Waals surface area contributed by atoms with E-state index in [1.165, 1.54) is 0 Å². The standard InChI is InChI=1S/C11H11BrIN3S/c1-3-14-11-9(13)6(2)15-10(16-11)7-4-5-8(12)17-7/h4-5H,3H2,1-2H3,(H,14,15,16). The van der Waals surface area contributed by atoms with Gasteiger partial charge in [-0.2, -0.15) is 0 Å². The van der Waals surface area contributed by atoms with Crippen LogP contribution in [0.2, 0.25) is 0 Å². The van der Waals surface area contributed by atoms with Crippen LogP contribution in [-0.2, 0) is 0 Å². The van der Waals surface area contributed by atoms with E-state index in [1.54, 1.807) is 11.3 Å². The number of aryl methyl sites for hydroxylation is 1. The van der Waals surface area contributed by atoms with Gasteiger partial charge in [0.1, 0.15) is 5.82 Å². The van der Waals surface area contributed by atoms with E-state index >= 15 is 0 Å². The van der Waals surface area contributed by atoms with E-state index in [0.29, 0.717) is 0 Å². The molecular formula is C11H11BrIN3S. The van der Waals surface area contributed by atoms with Gasteiger partial charge in [0.25, 0.3) is 0 Å². The van der Waals surface area contributed by atoms with Crippen LogP contribution in [0.5, 0.6) is 0 Å². The summed E-state index contributed by atoms with van der Waals surface area (Å²) in [6, 6.07) is 4.05. The van der Waals surface area contributed by atoms with Crippen molar-refractivity contribution in [3.05, 3.63) is 25.2 Å². The van der Waals surface area contributed by atoms with Crippen LogP contribution in [-0.4, -0.2) is 16.5 Å². The van der Waals surface area contributed by atoms with Crippen molar-refractivity contribution < 1.29 is 0 Å². The fourth-order valence-electron chi connectivity index (χ4n) is 1.39. The van der Waals surface area contributed by atoms with Gasteiger partial charge in [-0.1, -0.05) is 0 Å². The van der Waals surface area contributed by atoms with Crippen molar-refractivity contribution in [2.75, 3.05) is 11.9 Å². The molecule has 2 rings (SSSR count). The Balaban J connectivity index is 2.48. The molecule has 2 heterocycles. The van der Waals surface area contributed by atoms with Crippen LogP contribution in [0.3, 0.4) is 0 Å². The lowest BCUT2D eigenvalue weighted by molar-refractivity contribution is 1.07. The second-order valence-corrected chi connectivity index (χ2v) is 6.97. The van der Waals surface area contributed by atoms with Gasteiger partial charge in [0, 0.05) is 6.54 Å². The summed E-state index contributed by atoms with van der Waals surface area (Å²) >= 11 is 7.38. The Morgan fingerprint density at radius 3 is 2.76 bits per heavy atom. The van der Waals surface area contributed by atoms with E-state index in [2.05, 4.69) is 60.7 Å². The van der Waals surface area contributed by atoms with Gasteiger partial charge >= 0.3 is 0 Å². The summed E-state index contributed by atoms with van der Waals surface area (Å²) in [6.07, 6.45) is 0. The Labute approximate surface area is 126 Å². The van der Waals surface area contributed by atoms with Crippen molar-refractivity contribution in [2.45, 2.75) is 13.8 Å². The van der Waals surface area contributed by atoms with Gasteiger partial charge in [0.05, 0.1) is 17.9 Å². The lowest BCUT2D eigenvalue weighted by Crippen LogP contribution is -2.05. The quantitative estimate of drug-likeness (QED) is 0.747. The zero-order valence-corrected chi connectivity index (χ0v) is 14.0. The molecule has 0 spiro atoms. The van der Waals surface area contributed by atoms with Crippen molar-refractivity contribution in [2.24, 2.45) is 0 Å². The van der Waals surface area contributed by atoms with Gasteiger partial charge in [0.2, 0.25) is 0 Å². The first-order valence-corrected chi connectivity index (χ1v) is 7.84. The highest BCUT2D eigenvalue weighted by molar-refractivity contribution is 14.1. The lowest BCUT2D eigenvalue weighted by Gasteiger charge is -2.08. The van der Waals surface area contributed by atoms with Crippen LogP contribution in [0.1, 0.15) is 12.6 Å². The fourth-order valence-corrected chi connectivity index (χ4v) is 3.14. The number of hydrogen-bond donors (Lipinski definition) is 1. The first-order valence-electron chi connectivity index (χ1n) is 5.15. The molecule has 0 saturated carbocycles. The van der Waals surface area contributed by atoms with Crippen LogP contribution in [0.15, 0.2) is 15.9 Å². The van der Waals surface area contributed by atoms with Crippen molar-refractivity contribution in [3.63, 3.8) is 0 Å². The van der Waals surface area contributed by atoms with Gasteiger partial charge in [-0.05, 0) is 64.5 Å². The summed E-state index contributed by atoms with van der Waals surface area (Å²) in [5, 5.41) is 3.27. The van der Waals surface area contributed by atoms with E-state index < -0.39 is 0 Å². The Morgan fingerprint density at radius 1 is 1.41 bits per heavy atom. The average molecular weight is 424 g/mol. The van der Waals surface area contributed by atoms with Crippen LogP contribution >= 0.6 is 49.9 Å². The molecule has 0 aliphatic rings. The van der Waals surface area contributed by atoms with Gasteiger partial charge in [0.15, 0.2) is 5.82 Å². The van der Waals surface area contributed by atoms with E-state index in [9.17, 15) is 0 Å². The minimum absolute atomic E-state index is 0.787. The molecule has 6 heteroatoms. The van der Waals surface area contributed by atoms with E-state index in [1.807, 2.05) is 19.1 Å². The summed E-state index contributed by atoms with van der Waals surface area (Å²) in [4.78, 5) is 10.2. The number of hydrogen-bond acceptors (Lipinski definition) is 4. The maximum Gasteiger partial charge on any atom is 0.171 e. The predicted octanol–water partition coefficient (Wildman–Crippen LogP) is 4.31. The molecule has 2 aromatic rings. The minimum Gasteiger partial charge on any atom is -0.369 e. The number of nitrogens with one attached hydrogen (secondary N) is 1. The Hall–Kier alpha value is -0.210. The average Bonchev–Trinajstić information content (AvgIpc) is 2.71. The highest BCUT2D eigenvalue weighted by Gasteiger charge is 2.11. The van der Waals surface area contributed by atoms with Crippen molar-refractivity contribution in [1.82, 2.24) is 9.97 Å². The summed E-state index contributed by atoms with van der Waals surface area (Å²) in [5.41, 5.74) is 1.01. The highest BCUT2D eigenvalue weighted by Crippen LogP contribution is 2.31. The summed E-state index contributed by atoms with van der Waals surface area (Å²) in [7, 11) is 0. The smallest absolute Gasteiger partial charge is 0.171 e. The number of aromatic nitrogens is 2. The molecule has 2 aromatic heterocycles. The first kappa shape index (κ1) is 13.2. The number of nitrogens with zero attached hydrogens (tertiary/aromatic N) is 2. The molecule has 0 amide bonds. The molecule has 0 unspecified atom stereocenters. The molecular weight excluding hydrogens is 413 g/mol. The van der Waals surface area contributed by atoms with E-state index in [4.69, 9.17) is 0 Å². The molecule has 3 nitrogen and oxygen atoms in total. The third-order valence-corrected chi connectivity index (χ3v) is 5.07. The van der Waals surface area contributed by atoms with Crippen molar-refractivity contribution >= 4 is 55.7 Å². The third kappa shape index (κ3) is 2.97. The Morgan fingerprint density at radius 2 is 2.18 bits per heavy atom. The van der Waals surface area contributed by atoms with Crippen LogP contribution in [0.25, 0.3) is 10.7 Å². The predicted molar refractivity (Wildman–Crippen MR) is 84.7 cm³/mol. The second kappa shape index (κ2) is 5.62. The van der Waals surface area contributed by atoms with E-state index in [0.717, 1.165) is 36.1 Å². The molecule has 0 aromatic carbocycles. The van der Waals surface area contributed by atoms with E-state index in [-0.39, 0.29) is 0 Å². The van der Waals surface area contributed by atoms with Crippen molar-refractivity contribution in [1.29, 1.82) is 0 Å². The second-order valence-electron chi connectivity index (χ2n) is 3.43. The molecule has 0 fully saturated rings. The summed E-state index contributed by atoms with van der Waals surface area (Å²) in [6.45, 7) is 4.94. The number of thiophene rings is 1. The number of anilines is 1. The Bertz CT molecular complexity index is 542. The normalized spacial score (nSPS) is 10.6. The number of halogens is 2. The topological polar surface area (TPSA) is 37.8 Å². The molecule has 0 saturated heterocycles. The Kier molecular flexibility index (Phi) is 4.37. The van der Waals surface area contributed by atoms with Crippen LogP contribution in [0.4, 0.5) is 5.82 Å². The van der Waals surface area contributed by atoms with Crippen LogP contribution < -0.4 is 5.32 Å². The highest BCUT2D eigenvalue weighted by atomic mass is 127. The lowest BCUT2D eigenvalue weighted by atomic mass is 10.3. The summed E-state index contributed by atoms with van der Waals surface area (Å²) in [5.74, 6) is 1.70. The molecule has 0 bridgehead atoms. The van der Waals surface area contributed by atoms with Gasteiger partial charge in [-0.15, -0.1) is 11.3 Å². The monoisotopic (exact) mass is 423 g/mol. The fraction of sp³-hybridized carbons (Fsp3) is 0.273. The molecule has 0 radical (unpaired) electrons. The number of rotatable bonds is 3. The van der Waals surface area contributed by atoms with Gasteiger partial charge < -0.3 is 5.32 Å².